The molecule has 0 saturated carbocycles. The number of hydrogen-bond acceptors (Lipinski definition) is 2. The molecule has 0 fully saturated rings. The number of halogens is 3. The molecule has 0 saturated heterocycles. The highest BCUT2D eigenvalue weighted by Gasteiger charge is 2.11. The molecule has 2 aromatic carbocycles. The summed E-state index contributed by atoms with van der Waals surface area (Å²) in [6.07, 6.45) is 0. The molecule has 1 unspecified atom stereocenters. The summed E-state index contributed by atoms with van der Waals surface area (Å²) in [5.41, 5.74) is 6.08. The fourth-order valence-corrected chi connectivity index (χ4v) is 3.06. The van der Waals surface area contributed by atoms with Crippen LogP contribution < -0.4 is 5.73 Å². The van der Waals surface area contributed by atoms with Crippen LogP contribution in [0.15, 0.2) is 41.3 Å². The van der Waals surface area contributed by atoms with Gasteiger partial charge in [0.05, 0.1) is 16.6 Å². The Hall–Kier alpha value is -1.46. The number of anilines is 1. The van der Waals surface area contributed by atoms with Crippen molar-refractivity contribution in [3.8, 4) is 0 Å². The van der Waals surface area contributed by atoms with Crippen LogP contribution in [0, 0.1) is 11.6 Å². The van der Waals surface area contributed by atoms with E-state index in [0.717, 1.165) is 12.1 Å². The van der Waals surface area contributed by atoms with Crippen molar-refractivity contribution in [2.75, 3.05) is 5.73 Å². The summed E-state index contributed by atoms with van der Waals surface area (Å²) in [6.45, 7) is 0. The zero-order valence-corrected chi connectivity index (χ0v) is 11.3. The topological polar surface area (TPSA) is 43.1 Å². The predicted molar refractivity (Wildman–Crippen MR) is 72.3 cm³/mol. The Morgan fingerprint density at radius 2 is 1.84 bits per heavy atom. The third kappa shape index (κ3) is 3.52. The predicted octanol–water partition coefficient (Wildman–Crippen LogP) is 3.51. The van der Waals surface area contributed by atoms with Crippen molar-refractivity contribution in [1.82, 2.24) is 0 Å². The lowest BCUT2D eigenvalue weighted by Crippen LogP contribution is -2.00. The van der Waals surface area contributed by atoms with Crippen LogP contribution in [0.1, 0.15) is 5.56 Å². The minimum atomic E-state index is -1.54. The molecular weight excluding hydrogens is 292 g/mol. The van der Waals surface area contributed by atoms with Gasteiger partial charge in [-0.25, -0.2) is 8.78 Å². The molecule has 0 radical (unpaired) electrons. The van der Waals surface area contributed by atoms with Crippen LogP contribution in [0.2, 0.25) is 5.02 Å². The van der Waals surface area contributed by atoms with Gasteiger partial charge in [-0.2, -0.15) is 0 Å². The highest BCUT2D eigenvalue weighted by atomic mass is 35.5. The molecule has 100 valence electrons. The minimum Gasteiger partial charge on any atom is -0.399 e. The molecule has 0 bridgehead atoms. The molecule has 0 aliphatic heterocycles. The van der Waals surface area contributed by atoms with Crippen molar-refractivity contribution in [1.29, 1.82) is 0 Å². The van der Waals surface area contributed by atoms with Crippen molar-refractivity contribution in [2.45, 2.75) is 10.6 Å². The fraction of sp³-hybridized carbons (Fsp3) is 0.0769. The molecule has 19 heavy (non-hydrogen) atoms. The van der Waals surface area contributed by atoms with Crippen LogP contribution in [0.5, 0.6) is 0 Å². The molecule has 0 aliphatic carbocycles. The quantitative estimate of drug-likeness (QED) is 0.882. The molecule has 0 amide bonds. The van der Waals surface area contributed by atoms with E-state index >= 15 is 0 Å². The van der Waals surface area contributed by atoms with Gasteiger partial charge in [-0.15, -0.1) is 0 Å². The molecule has 1 atom stereocenters. The summed E-state index contributed by atoms with van der Waals surface area (Å²) in [5, 5.41) is 0.319. The Labute approximate surface area is 116 Å². The van der Waals surface area contributed by atoms with Gasteiger partial charge in [-0.1, -0.05) is 11.6 Å². The van der Waals surface area contributed by atoms with E-state index in [9.17, 15) is 13.0 Å². The highest BCUT2D eigenvalue weighted by Crippen LogP contribution is 2.22. The molecule has 0 heterocycles. The first-order chi connectivity index (χ1) is 8.95. The van der Waals surface area contributed by atoms with Gasteiger partial charge in [0.25, 0.3) is 0 Å². The van der Waals surface area contributed by atoms with Gasteiger partial charge >= 0.3 is 0 Å². The van der Waals surface area contributed by atoms with E-state index < -0.39 is 22.4 Å². The van der Waals surface area contributed by atoms with Gasteiger partial charge < -0.3 is 5.73 Å². The molecule has 2 aromatic rings. The van der Waals surface area contributed by atoms with E-state index in [1.54, 1.807) is 0 Å². The first kappa shape index (κ1) is 14.0. The first-order valence-electron chi connectivity index (χ1n) is 5.34. The van der Waals surface area contributed by atoms with E-state index in [1.165, 1.54) is 24.3 Å². The summed E-state index contributed by atoms with van der Waals surface area (Å²) < 4.78 is 38.4. The fourth-order valence-electron chi connectivity index (χ4n) is 1.59. The van der Waals surface area contributed by atoms with Crippen LogP contribution in [-0.2, 0) is 16.6 Å². The first-order valence-corrected chi connectivity index (χ1v) is 7.04. The van der Waals surface area contributed by atoms with E-state index in [-0.39, 0.29) is 16.3 Å². The Morgan fingerprint density at radius 3 is 2.53 bits per heavy atom. The third-order valence-electron chi connectivity index (χ3n) is 2.45. The van der Waals surface area contributed by atoms with Crippen molar-refractivity contribution in [3.63, 3.8) is 0 Å². The maximum atomic E-state index is 13.2. The Kier molecular flexibility index (Phi) is 4.17. The largest absolute Gasteiger partial charge is 0.399 e. The van der Waals surface area contributed by atoms with E-state index in [2.05, 4.69) is 0 Å². The van der Waals surface area contributed by atoms with Gasteiger partial charge in [0.15, 0.2) is 0 Å². The zero-order valence-electron chi connectivity index (χ0n) is 9.70. The van der Waals surface area contributed by atoms with Gasteiger partial charge in [0, 0.05) is 15.6 Å². The second-order valence-electron chi connectivity index (χ2n) is 3.95. The summed E-state index contributed by atoms with van der Waals surface area (Å²) >= 11 is 5.89. The van der Waals surface area contributed by atoms with Crippen LogP contribution in [-0.4, -0.2) is 4.21 Å². The van der Waals surface area contributed by atoms with E-state index in [0.29, 0.717) is 10.6 Å². The lowest BCUT2D eigenvalue weighted by molar-refractivity contribution is 0.622. The Balaban J connectivity index is 2.28. The SMILES string of the molecule is Nc1cc(F)cc(S(=O)Cc2cc(F)ccc2Cl)c1. The summed E-state index contributed by atoms with van der Waals surface area (Å²) in [6, 6.07) is 7.52. The number of rotatable bonds is 3. The highest BCUT2D eigenvalue weighted by molar-refractivity contribution is 7.84. The van der Waals surface area contributed by atoms with Gasteiger partial charge in [-0.05, 0) is 42.0 Å². The number of benzene rings is 2. The van der Waals surface area contributed by atoms with Crippen molar-refractivity contribution in [3.05, 3.63) is 58.6 Å². The number of hydrogen-bond donors (Lipinski definition) is 1. The van der Waals surface area contributed by atoms with E-state index in [4.69, 9.17) is 17.3 Å². The summed E-state index contributed by atoms with van der Waals surface area (Å²) in [7, 11) is -1.54. The maximum Gasteiger partial charge on any atom is 0.126 e. The van der Waals surface area contributed by atoms with Crippen LogP contribution in [0.4, 0.5) is 14.5 Å². The average Bonchev–Trinajstić information content (AvgIpc) is 2.32. The van der Waals surface area contributed by atoms with Gasteiger partial charge in [-0.3, -0.25) is 4.21 Å². The van der Waals surface area contributed by atoms with Crippen LogP contribution in [0.25, 0.3) is 0 Å². The molecule has 0 spiro atoms. The molecule has 2 nitrogen and oxygen atoms in total. The number of nitrogens with two attached hydrogens (primary N) is 1. The molecule has 2 rings (SSSR count). The smallest absolute Gasteiger partial charge is 0.126 e. The molecule has 2 N–H and O–H groups in total. The Morgan fingerprint density at radius 1 is 1.11 bits per heavy atom. The van der Waals surface area contributed by atoms with Crippen molar-refractivity contribution >= 4 is 28.1 Å². The average molecular weight is 302 g/mol. The molecule has 6 heteroatoms. The lowest BCUT2D eigenvalue weighted by atomic mass is 10.2. The summed E-state index contributed by atoms with van der Waals surface area (Å²) in [5.74, 6) is -1.02. The molecule has 0 aliphatic rings. The minimum absolute atomic E-state index is 0.000509. The van der Waals surface area contributed by atoms with Gasteiger partial charge in [0.1, 0.15) is 11.6 Å². The van der Waals surface area contributed by atoms with Crippen molar-refractivity contribution in [2.24, 2.45) is 0 Å². The van der Waals surface area contributed by atoms with Crippen LogP contribution >= 0.6 is 11.6 Å². The maximum absolute atomic E-state index is 13.2. The standard InChI is InChI=1S/C13H10ClF2NOS/c14-13-2-1-9(15)3-8(13)7-19(18)12-5-10(16)4-11(17)6-12/h1-6H,7,17H2. The molecular formula is C13H10ClF2NOS. The summed E-state index contributed by atoms with van der Waals surface area (Å²) in [4.78, 5) is 0.248. The third-order valence-corrected chi connectivity index (χ3v) is 4.15. The van der Waals surface area contributed by atoms with Crippen LogP contribution in [0.3, 0.4) is 0 Å². The monoisotopic (exact) mass is 301 g/mol. The van der Waals surface area contributed by atoms with Crippen molar-refractivity contribution < 1.29 is 13.0 Å². The van der Waals surface area contributed by atoms with Gasteiger partial charge in [0.2, 0.25) is 0 Å². The number of nitrogen functional groups attached to an aromatic ring is 1. The Bertz CT molecular complexity index is 628. The molecule has 0 aromatic heterocycles. The van der Waals surface area contributed by atoms with E-state index in [1.807, 2.05) is 0 Å². The second kappa shape index (κ2) is 5.67. The second-order valence-corrected chi connectivity index (χ2v) is 5.80. The zero-order chi connectivity index (χ0) is 14.0. The lowest BCUT2D eigenvalue weighted by Gasteiger charge is -2.06. The normalized spacial score (nSPS) is 12.4.